The predicted molar refractivity (Wildman–Crippen MR) is 106 cm³/mol. The van der Waals surface area contributed by atoms with Crippen LogP contribution >= 0.6 is 11.6 Å². The SMILES string of the molecule is CC(C)(C)CNC[C@H](CC(=O)OC(C)(C)C)Nc1ccc(N)c(Cl)c1. The van der Waals surface area contributed by atoms with E-state index >= 15 is 0 Å². The lowest BCUT2D eigenvalue weighted by molar-refractivity contribution is -0.155. The number of anilines is 2. The van der Waals surface area contributed by atoms with Crippen molar-refractivity contribution in [1.29, 1.82) is 0 Å². The van der Waals surface area contributed by atoms with Crippen molar-refractivity contribution in [3.05, 3.63) is 23.2 Å². The van der Waals surface area contributed by atoms with E-state index in [2.05, 4.69) is 31.4 Å². The number of hydrogen-bond acceptors (Lipinski definition) is 5. The molecule has 1 aromatic carbocycles. The molecule has 0 spiro atoms. The summed E-state index contributed by atoms with van der Waals surface area (Å²) in [6.07, 6.45) is 0.260. The molecule has 1 atom stereocenters. The van der Waals surface area contributed by atoms with Crippen molar-refractivity contribution in [3.63, 3.8) is 0 Å². The number of ether oxygens (including phenoxy) is 1. The third-order valence-corrected chi connectivity index (χ3v) is 3.58. The fourth-order valence-corrected chi connectivity index (χ4v) is 2.41. The van der Waals surface area contributed by atoms with Crippen LogP contribution in [-0.4, -0.2) is 30.7 Å². The molecule has 0 amide bonds. The van der Waals surface area contributed by atoms with Gasteiger partial charge in [0.2, 0.25) is 0 Å². The highest BCUT2D eigenvalue weighted by Crippen LogP contribution is 2.23. The predicted octanol–water partition coefficient (Wildman–Crippen LogP) is 4.07. The maximum atomic E-state index is 12.2. The zero-order valence-electron chi connectivity index (χ0n) is 16.2. The van der Waals surface area contributed by atoms with Crippen molar-refractivity contribution in [1.82, 2.24) is 5.32 Å². The molecule has 1 rings (SSSR count). The Morgan fingerprint density at radius 2 is 1.88 bits per heavy atom. The first-order valence-corrected chi connectivity index (χ1v) is 8.98. The molecule has 0 saturated heterocycles. The third kappa shape index (κ3) is 9.56. The molecule has 142 valence electrons. The zero-order chi connectivity index (χ0) is 19.3. The maximum absolute atomic E-state index is 12.2. The lowest BCUT2D eigenvalue weighted by atomic mass is 9.97. The number of carbonyl (C=O) groups is 1. The van der Waals surface area contributed by atoms with Gasteiger partial charge in [-0.05, 0) is 44.4 Å². The van der Waals surface area contributed by atoms with Gasteiger partial charge in [0.25, 0.3) is 0 Å². The van der Waals surface area contributed by atoms with Crippen molar-refractivity contribution < 1.29 is 9.53 Å². The van der Waals surface area contributed by atoms with Gasteiger partial charge < -0.3 is 21.1 Å². The standard InChI is InChI=1S/C19H32ClN3O2/c1-18(2,3)12-22-11-14(10-17(24)25-19(4,5)6)23-13-7-8-16(21)15(20)9-13/h7-9,14,22-23H,10-12,21H2,1-6H3/t14-/m0/s1. The van der Waals surface area contributed by atoms with Crippen molar-refractivity contribution >= 4 is 28.9 Å². The lowest BCUT2D eigenvalue weighted by Gasteiger charge is -2.25. The van der Waals surface area contributed by atoms with Crippen molar-refractivity contribution in [2.45, 2.75) is 59.6 Å². The molecular formula is C19H32ClN3O2. The van der Waals surface area contributed by atoms with E-state index in [4.69, 9.17) is 22.1 Å². The number of rotatable bonds is 7. The fourth-order valence-electron chi connectivity index (χ4n) is 2.23. The second-order valence-electron chi connectivity index (χ2n) is 8.56. The van der Waals surface area contributed by atoms with E-state index in [-0.39, 0.29) is 23.8 Å². The molecule has 0 radical (unpaired) electrons. The van der Waals surface area contributed by atoms with Gasteiger partial charge in [-0.3, -0.25) is 4.79 Å². The van der Waals surface area contributed by atoms with Crippen LogP contribution in [0.3, 0.4) is 0 Å². The zero-order valence-corrected chi connectivity index (χ0v) is 17.0. The van der Waals surface area contributed by atoms with Crippen LogP contribution in [0.5, 0.6) is 0 Å². The second kappa shape index (κ2) is 8.77. The molecule has 0 bridgehead atoms. The summed E-state index contributed by atoms with van der Waals surface area (Å²) in [5.41, 5.74) is 6.78. The van der Waals surface area contributed by atoms with E-state index in [1.807, 2.05) is 26.8 Å². The Hall–Kier alpha value is -1.46. The molecule has 0 aliphatic carbocycles. The molecular weight excluding hydrogens is 338 g/mol. The van der Waals surface area contributed by atoms with Gasteiger partial charge in [-0.1, -0.05) is 32.4 Å². The number of esters is 1. The summed E-state index contributed by atoms with van der Waals surface area (Å²) in [6.45, 7) is 13.6. The summed E-state index contributed by atoms with van der Waals surface area (Å²) in [6, 6.07) is 5.25. The average Bonchev–Trinajstić information content (AvgIpc) is 2.39. The average molecular weight is 370 g/mol. The largest absolute Gasteiger partial charge is 0.460 e. The number of halogens is 1. The molecule has 5 nitrogen and oxygen atoms in total. The Labute approximate surface area is 156 Å². The Bertz CT molecular complexity index is 577. The number of hydrogen-bond donors (Lipinski definition) is 3. The van der Waals surface area contributed by atoms with Crippen LogP contribution < -0.4 is 16.4 Å². The molecule has 6 heteroatoms. The normalized spacial score (nSPS) is 13.4. The third-order valence-electron chi connectivity index (χ3n) is 3.25. The van der Waals surface area contributed by atoms with Crippen LogP contribution in [0.25, 0.3) is 0 Å². The van der Waals surface area contributed by atoms with Gasteiger partial charge in [-0.25, -0.2) is 0 Å². The molecule has 0 saturated carbocycles. The summed E-state index contributed by atoms with van der Waals surface area (Å²) < 4.78 is 5.44. The summed E-state index contributed by atoms with van der Waals surface area (Å²) in [4.78, 5) is 12.2. The first-order chi connectivity index (χ1) is 11.4. The van der Waals surface area contributed by atoms with Crippen molar-refractivity contribution in [2.24, 2.45) is 5.41 Å². The lowest BCUT2D eigenvalue weighted by Crippen LogP contribution is -2.39. The van der Waals surface area contributed by atoms with Crippen LogP contribution in [0.15, 0.2) is 18.2 Å². The van der Waals surface area contributed by atoms with E-state index < -0.39 is 5.60 Å². The minimum Gasteiger partial charge on any atom is -0.460 e. The van der Waals surface area contributed by atoms with Gasteiger partial charge in [-0.15, -0.1) is 0 Å². The van der Waals surface area contributed by atoms with E-state index in [0.717, 1.165) is 12.2 Å². The monoisotopic (exact) mass is 369 g/mol. The van der Waals surface area contributed by atoms with Crippen molar-refractivity contribution in [3.8, 4) is 0 Å². The Balaban J connectivity index is 2.75. The van der Waals surface area contributed by atoms with Crippen LogP contribution in [0.1, 0.15) is 48.0 Å². The Morgan fingerprint density at radius 3 is 2.40 bits per heavy atom. The van der Waals surface area contributed by atoms with Gasteiger partial charge in [-0.2, -0.15) is 0 Å². The van der Waals surface area contributed by atoms with Crippen LogP contribution in [0.2, 0.25) is 5.02 Å². The molecule has 1 aromatic rings. The summed E-state index contributed by atoms with van der Waals surface area (Å²) in [7, 11) is 0. The number of nitrogen functional groups attached to an aromatic ring is 1. The molecule has 0 aromatic heterocycles. The van der Waals surface area contributed by atoms with E-state index in [0.29, 0.717) is 17.3 Å². The van der Waals surface area contributed by atoms with Crippen molar-refractivity contribution in [2.75, 3.05) is 24.1 Å². The highest BCUT2D eigenvalue weighted by Gasteiger charge is 2.21. The minimum absolute atomic E-state index is 0.114. The second-order valence-corrected chi connectivity index (χ2v) is 8.97. The number of nitrogens with one attached hydrogen (secondary N) is 2. The summed E-state index contributed by atoms with van der Waals surface area (Å²) in [5, 5.41) is 7.25. The van der Waals surface area contributed by atoms with Gasteiger partial charge in [0, 0.05) is 24.8 Å². The number of carbonyl (C=O) groups excluding carboxylic acids is 1. The van der Waals surface area contributed by atoms with Gasteiger partial charge >= 0.3 is 5.97 Å². The Kier molecular flexibility index (Phi) is 7.57. The number of nitrogens with two attached hydrogens (primary N) is 1. The molecule has 0 aliphatic rings. The maximum Gasteiger partial charge on any atom is 0.308 e. The fraction of sp³-hybridized carbons (Fsp3) is 0.632. The quantitative estimate of drug-likeness (QED) is 0.499. The smallest absolute Gasteiger partial charge is 0.308 e. The van der Waals surface area contributed by atoms with Crippen LogP contribution in [0, 0.1) is 5.41 Å². The van der Waals surface area contributed by atoms with Gasteiger partial charge in [0.1, 0.15) is 5.60 Å². The molecule has 4 N–H and O–H groups in total. The first kappa shape index (κ1) is 21.6. The summed E-state index contributed by atoms with van der Waals surface area (Å²) in [5.74, 6) is -0.232. The van der Waals surface area contributed by atoms with E-state index in [1.165, 1.54) is 0 Å². The summed E-state index contributed by atoms with van der Waals surface area (Å²) >= 11 is 6.08. The highest BCUT2D eigenvalue weighted by atomic mass is 35.5. The van der Waals surface area contributed by atoms with E-state index in [1.54, 1.807) is 12.1 Å². The molecule has 0 aliphatic heterocycles. The van der Waals surface area contributed by atoms with Crippen LogP contribution in [0.4, 0.5) is 11.4 Å². The number of benzene rings is 1. The van der Waals surface area contributed by atoms with E-state index in [9.17, 15) is 4.79 Å². The highest BCUT2D eigenvalue weighted by molar-refractivity contribution is 6.33. The Morgan fingerprint density at radius 1 is 1.24 bits per heavy atom. The van der Waals surface area contributed by atoms with Gasteiger partial charge in [0.05, 0.1) is 17.1 Å². The molecule has 0 heterocycles. The molecule has 25 heavy (non-hydrogen) atoms. The molecule has 0 unspecified atom stereocenters. The van der Waals surface area contributed by atoms with Gasteiger partial charge in [0.15, 0.2) is 0 Å². The topological polar surface area (TPSA) is 76.4 Å². The molecule has 0 fully saturated rings. The first-order valence-electron chi connectivity index (χ1n) is 8.60. The van der Waals surface area contributed by atoms with Crippen LogP contribution in [-0.2, 0) is 9.53 Å². The minimum atomic E-state index is -0.495.